The number of aromatic nitrogens is 2. The fraction of sp³-hybridized carbons (Fsp3) is 0.310. The first kappa shape index (κ1) is 23.6. The number of amides is 1. The first-order chi connectivity index (χ1) is 16.4. The summed E-state index contributed by atoms with van der Waals surface area (Å²) in [5.41, 5.74) is 6.68. The van der Waals surface area contributed by atoms with E-state index in [9.17, 15) is 4.79 Å². The second-order valence-corrected chi connectivity index (χ2v) is 8.95. The fourth-order valence-electron chi connectivity index (χ4n) is 4.21. The Morgan fingerprint density at radius 3 is 2.53 bits per heavy atom. The summed E-state index contributed by atoms with van der Waals surface area (Å²) in [6.45, 7) is 9.61. The van der Waals surface area contributed by atoms with Crippen molar-refractivity contribution in [3.8, 4) is 5.75 Å². The van der Waals surface area contributed by atoms with Crippen molar-refractivity contribution >= 4 is 16.9 Å². The van der Waals surface area contributed by atoms with E-state index in [0.29, 0.717) is 13.0 Å². The monoisotopic (exact) mass is 455 g/mol. The maximum Gasteiger partial charge on any atom is 0.225 e. The van der Waals surface area contributed by atoms with Gasteiger partial charge in [0.15, 0.2) is 0 Å². The average Bonchev–Trinajstić information content (AvgIpc) is 3.19. The Labute approximate surface area is 201 Å². The Kier molecular flexibility index (Phi) is 7.31. The molecule has 4 rings (SSSR count). The van der Waals surface area contributed by atoms with Gasteiger partial charge in [-0.1, -0.05) is 42.5 Å². The molecule has 176 valence electrons. The third-order valence-corrected chi connectivity index (χ3v) is 6.33. The van der Waals surface area contributed by atoms with Crippen molar-refractivity contribution in [3.05, 3.63) is 94.8 Å². The quantitative estimate of drug-likeness (QED) is 0.322. The predicted octanol–water partition coefficient (Wildman–Crippen LogP) is 5.85. The van der Waals surface area contributed by atoms with E-state index in [2.05, 4.69) is 41.9 Å². The van der Waals surface area contributed by atoms with Crippen LogP contribution in [-0.2, 0) is 17.8 Å². The van der Waals surface area contributed by atoms with Crippen LogP contribution < -0.4 is 10.1 Å². The van der Waals surface area contributed by atoms with E-state index >= 15 is 0 Å². The Morgan fingerprint density at radius 1 is 0.971 bits per heavy atom. The van der Waals surface area contributed by atoms with Crippen LogP contribution in [0.15, 0.2) is 66.7 Å². The molecule has 0 saturated heterocycles. The molecule has 1 aromatic heterocycles. The fourth-order valence-corrected chi connectivity index (χ4v) is 4.21. The molecule has 1 N–H and O–H groups in total. The Hall–Kier alpha value is -3.60. The van der Waals surface area contributed by atoms with Crippen LogP contribution in [0, 0.1) is 20.8 Å². The minimum atomic E-state index is -0.204. The Balaban J connectivity index is 1.44. The standard InChI is InChI=1S/C29H33N3O2/c1-20-14-15-25(18-22(20)3)34-17-9-16-32-27-13-8-7-12-26(27)31-29(32)23(4)30-28(33)19-24-11-6-5-10-21(24)2/h5-8,10-15,18,23H,9,16-17,19H2,1-4H3,(H,30,33). The smallest absolute Gasteiger partial charge is 0.225 e. The molecular formula is C29H33N3O2. The van der Waals surface area contributed by atoms with Crippen molar-refractivity contribution in [3.63, 3.8) is 0 Å². The highest BCUT2D eigenvalue weighted by molar-refractivity contribution is 5.80. The van der Waals surface area contributed by atoms with Crippen LogP contribution in [0.3, 0.4) is 0 Å². The van der Waals surface area contributed by atoms with Crippen molar-refractivity contribution in [2.75, 3.05) is 6.61 Å². The maximum atomic E-state index is 12.8. The van der Waals surface area contributed by atoms with E-state index in [1.54, 1.807) is 0 Å². The van der Waals surface area contributed by atoms with Crippen LogP contribution >= 0.6 is 0 Å². The number of nitrogens with zero attached hydrogens (tertiary/aromatic N) is 2. The number of hydrogen-bond acceptors (Lipinski definition) is 3. The molecule has 5 heteroatoms. The summed E-state index contributed by atoms with van der Waals surface area (Å²) >= 11 is 0. The molecule has 1 atom stereocenters. The predicted molar refractivity (Wildman–Crippen MR) is 137 cm³/mol. The second kappa shape index (κ2) is 10.6. The zero-order chi connectivity index (χ0) is 24.1. The number of ether oxygens (including phenoxy) is 1. The second-order valence-electron chi connectivity index (χ2n) is 8.95. The van der Waals surface area contributed by atoms with Gasteiger partial charge in [-0.05, 0) is 80.6 Å². The van der Waals surface area contributed by atoms with Crippen molar-refractivity contribution in [1.29, 1.82) is 0 Å². The van der Waals surface area contributed by atoms with Gasteiger partial charge in [0.2, 0.25) is 5.91 Å². The first-order valence-electron chi connectivity index (χ1n) is 11.9. The van der Waals surface area contributed by atoms with Gasteiger partial charge in [0, 0.05) is 6.54 Å². The normalized spacial score (nSPS) is 12.0. The summed E-state index contributed by atoms with van der Waals surface area (Å²) in [6, 6.07) is 22.1. The average molecular weight is 456 g/mol. The van der Waals surface area contributed by atoms with Gasteiger partial charge < -0.3 is 14.6 Å². The van der Waals surface area contributed by atoms with Crippen molar-refractivity contribution in [2.45, 2.75) is 53.1 Å². The number of carbonyl (C=O) groups is 1. The van der Waals surface area contributed by atoms with Gasteiger partial charge >= 0.3 is 0 Å². The Morgan fingerprint density at radius 2 is 1.74 bits per heavy atom. The molecule has 3 aromatic carbocycles. The SMILES string of the molecule is Cc1ccc(OCCCn2c(C(C)NC(=O)Cc3ccccc3C)nc3ccccc32)cc1C. The van der Waals surface area contributed by atoms with Gasteiger partial charge in [0.1, 0.15) is 11.6 Å². The molecule has 0 radical (unpaired) electrons. The molecule has 0 aliphatic carbocycles. The van der Waals surface area contributed by atoms with E-state index in [0.717, 1.165) is 46.7 Å². The van der Waals surface area contributed by atoms with Gasteiger partial charge in [-0.15, -0.1) is 0 Å². The molecule has 0 aliphatic rings. The molecule has 34 heavy (non-hydrogen) atoms. The lowest BCUT2D eigenvalue weighted by molar-refractivity contribution is -0.121. The molecule has 1 unspecified atom stereocenters. The lowest BCUT2D eigenvalue weighted by Gasteiger charge is -2.17. The summed E-state index contributed by atoms with van der Waals surface area (Å²) in [5.74, 6) is 1.76. The van der Waals surface area contributed by atoms with Crippen LogP contribution in [-0.4, -0.2) is 22.1 Å². The summed E-state index contributed by atoms with van der Waals surface area (Å²) < 4.78 is 8.20. The summed E-state index contributed by atoms with van der Waals surface area (Å²) in [5, 5.41) is 3.15. The van der Waals surface area contributed by atoms with Crippen molar-refractivity contribution < 1.29 is 9.53 Å². The van der Waals surface area contributed by atoms with Gasteiger partial charge in [0.25, 0.3) is 0 Å². The molecule has 5 nitrogen and oxygen atoms in total. The molecule has 1 amide bonds. The van der Waals surface area contributed by atoms with E-state index in [-0.39, 0.29) is 11.9 Å². The number of carbonyl (C=O) groups excluding carboxylic acids is 1. The third kappa shape index (κ3) is 5.48. The van der Waals surface area contributed by atoms with E-state index in [1.807, 2.05) is 62.4 Å². The number of benzene rings is 3. The zero-order valence-electron chi connectivity index (χ0n) is 20.5. The van der Waals surface area contributed by atoms with Crippen LogP contribution in [0.2, 0.25) is 0 Å². The molecule has 0 spiro atoms. The number of rotatable bonds is 9. The number of para-hydroxylation sites is 2. The highest BCUT2D eigenvalue weighted by Gasteiger charge is 2.18. The highest BCUT2D eigenvalue weighted by Crippen LogP contribution is 2.22. The lowest BCUT2D eigenvalue weighted by atomic mass is 10.1. The highest BCUT2D eigenvalue weighted by atomic mass is 16.5. The largest absolute Gasteiger partial charge is 0.494 e. The van der Waals surface area contributed by atoms with Crippen LogP contribution in [0.5, 0.6) is 5.75 Å². The number of nitrogens with one attached hydrogen (secondary N) is 1. The number of aryl methyl sites for hydroxylation is 4. The Bertz CT molecular complexity index is 1290. The molecule has 0 fully saturated rings. The molecule has 1 heterocycles. The first-order valence-corrected chi connectivity index (χ1v) is 11.9. The number of hydrogen-bond donors (Lipinski definition) is 1. The number of fused-ring (bicyclic) bond motifs is 1. The van der Waals surface area contributed by atoms with E-state index in [1.165, 1.54) is 11.1 Å². The third-order valence-electron chi connectivity index (χ3n) is 6.33. The van der Waals surface area contributed by atoms with Crippen molar-refractivity contribution in [2.24, 2.45) is 0 Å². The van der Waals surface area contributed by atoms with E-state index in [4.69, 9.17) is 9.72 Å². The molecule has 0 saturated carbocycles. The molecular weight excluding hydrogens is 422 g/mol. The molecule has 0 aliphatic heterocycles. The van der Waals surface area contributed by atoms with Gasteiger partial charge in [0.05, 0.1) is 30.1 Å². The summed E-state index contributed by atoms with van der Waals surface area (Å²) in [7, 11) is 0. The number of imidazole rings is 1. The van der Waals surface area contributed by atoms with Gasteiger partial charge in [-0.3, -0.25) is 4.79 Å². The topological polar surface area (TPSA) is 56.1 Å². The van der Waals surface area contributed by atoms with Crippen LogP contribution in [0.25, 0.3) is 11.0 Å². The maximum absolute atomic E-state index is 12.8. The summed E-state index contributed by atoms with van der Waals surface area (Å²) in [4.78, 5) is 17.6. The molecule has 0 bridgehead atoms. The summed E-state index contributed by atoms with van der Waals surface area (Å²) in [6.07, 6.45) is 1.20. The van der Waals surface area contributed by atoms with Gasteiger partial charge in [-0.25, -0.2) is 4.98 Å². The van der Waals surface area contributed by atoms with Crippen molar-refractivity contribution in [1.82, 2.24) is 14.9 Å². The zero-order valence-corrected chi connectivity index (χ0v) is 20.5. The van der Waals surface area contributed by atoms with Gasteiger partial charge in [-0.2, -0.15) is 0 Å². The lowest BCUT2D eigenvalue weighted by Crippen LogP contribution is -2.30. The van der Waals surface area contributed by atoms with Crippen LogP contribution in [0.1, 0.15) is 47.5 Å². The minimum absolute atomic E-state index is 0.00141. The molecule has 4 aromatic rings. The minimum Gasteiger partial charge on any atom is -0.494 e. The van der Waals surface area contributed by atoms with E-state index < -0.39 is 0 Å². The van der Waals surface area contributed by atoms with Crippen LogP contribution in [0.4, 0.5) is 0 Å².